The molecule has 0 saturated carbocycles. The average molecular weight is 531 g/mol. The van der Waals surface area contributed by atoms with Gasteiger partial charge < -0.3 is 29.2 Å². The van der Waals surface area contributed by atoms with Crippen LogP contribution in [0, 0.1) is 0 Å². The van der Waals surface area contributed by atoms with E-state index in [1.54, 1.807) is 34.1 Å². The van der Waals surface area contributed by atoms with Gasteiger partial charge >= 0.3 is 5.97 Å². The van der Waals surface area contributed by atoms with Gasteiger partial charge in [-0.3, -0.25) is 9.69 Å². The van der Waals surface area contributed by atoms with Gasteiger partial charge in [0, 0.05) is 37.9 Å². The number of amidine groups is 1. The fourth-order valence-electron chi connectivity index (χ4n) is 4.55. The summed E-state index contributed by atoms with van der Waals surface area (Å²) in [6, 6.07) is 4.95. The highest BCUT2D eigenvalue weighted by atomic mass is 32.2. The van der Waals surface area contributed by atoms with Crippen molar-refractivity contribution in [3.8, 4) is 11.5 Å². The van der Waals surface area contributed by atoms with Crippen molar-refractivity contribution in [2.45, 2.75) is 26.3 Å². The van der Waals surface area contributed by atoms with E-state index in [-0.39, 0.29) is 18.9 Å². The minimum absolute atomic E-state index is 0.0905. The summed E-state index contributed by atoms with van der Waals surface area (Å²) in [7, 11) is 3.16. The molecule has 3 aliphatic heterocycles. The molecule has 3 aliphatic rings. The number of amides is 1. The van der Waals surface area contributed by atoms with Gasteiger partial charge in [0.15, 0.2) is 5.17 Å². The van der Waals surface area contributed by atoms with Gasteiger partial charge in [-0.2, -0.15) is 0 Å². The first kappa shape index (κ1) is 27.0. The zero-order valence-corrected chi connectivity index (χ0v) is 22.6. The maximum absolute atomic E-state index is 13.2. The van der Waals surface area contributed by atoms with Crippen molar-refractivity contribution in [2.75, 3.05) is 60.2 Å². The van der Waals surface area contributed by atoms with E-state index >= 15 is 0 Å². The molecule has 0 unspecified atom stereocenters. The largest absolute Gasteiger partial charge is 0.497 e. The number of fused-ring (bicyclic) bond motifs is 1. The minimum Gasteiger partial charge on any atom is -0.497 e. The number of methoxy groups -OCH3 is 2. The van der Waals surface area contributed by atoms with Gasteiger partial charge in [-0.25, -0.2) is 9.79 Å². The van der Waals surface area contributed by atoms with E-state index in [4.69, 9.17) is 23.9 Å². The highest BCUT2D eigenvalue weighted by molar-refractivity contribution is 8.16. The number of carbonyl (C=O) groups is 2. The fourth-order valence-corrected chi connectivity index (χ4v) is 5.51. The molecule has 1 fully saturated rings. The molecule has 1 atom stereocenters. The Morgan fingerprint density at radius 2 is 1.86 bits per heavy atom. The first-order valence-corrected chi connectivity index (χ1v) is 13.2. The zero-order valence-electron chi connectivity index (χ0n) is 21.7. The molecular formula is C26H34N4O6S. The molecule has 1 amide bonds. The third kappa shape index (κ3) is 6.28. The van der Waals surface area contributed by atoms with Crippen molar-refractivity contribution >= 4 is 28.8 Å². The van der Waals surface area contributed by atoms with Crippen molar-refractivity contribution < 1.29 is 28.5 Å². The van der Waals surface area contributed by atoms with Crippen LogP contribution in [0.25, 0.3) is 0 Å². The molecule has 3 heterocycles. The summed E-state index contributed by atoms with van der Waals surface area (Å²) >= 11 is 1.44. The van der Waals surface area contributed by atoms with Gasteiger partial charge in [0.05, 0.1) is 57.8 Å². The highest BCUT2D eigenvalue weighted by Crippen LogP contribution is 2.46. The van der Waals surface area contributed by atoms with E-state index in [0.29, 0.717) is 34.5 Å². The third-order valence-corrected chi connectivity index (χ3v) is 7.27. The van der Waals surface area contributed by atoms with E-state index in [9.17, 15) is 9.59 Å². The normalized spacial score (nSPS) is 19.7. The average Bonchev–Trinajstić information content (AvgIpc) is 3.29. The van der Waals surface area contributed by atoms with Crippen LogP contribution in [-0.2, 0) is 19.1 Å². The number of allylic oxidation sites excluding steroid dienone is 1. The molecule has 1 N–H and O–H groups in total. The van der Waals surface area contributed by atoms with E-state index in [1.807, 2.05) is 22.4 Å². The first-order valence-electron chi connectivity index (χ1n) is 12.4. The molecule has 10 nitrogen and oxygen atoms in total. The number of nitrogens with one attached hydrogen (secondary N) is 1. The molecule has 1 aromatic rings. The number of aliphatic imine (C=N–C) groups is 1. The Balaban J connectivity index is 1.58. The summed E-state index contributed by atoms with van der Waals surface area (Å²) in [5.41, 5.74) is 2.52. The second-order valence-electron chi connectivity index (χ2n) is 8.74. The Bertz CT molecular complexity index is 1090. The van der Waals surface area contributed by atoms with Gasteiger partial charge in [0.2, 0.25) is 5.91 Å². The number of esters is 1. The lowest BCUT2D eigenvalue weighted by molar-refractivity contribution is -0.139. The van der Waals surface area contributed by atoms with E-state index in [1.165, 1.54) is 11.8 Å². The number of benzene rings is 1. The number of ether oxygens (including phenoxy) is 4. The topological polar surface area (TPSA) is 102 Å². The molecule has 0 aliphatic carbocycles. The summed E-state index contributed by atoms with van der Waals surface area (Å²) in [4.78, 5) is 35.0. The van der Waals surface area contributed by atoms with Crippen LogP contribution in [0.3, 0.4) is 0 Å². The molecule has 11 heteroatoms. The summed E-state index contributed by atoms with van der Waals surface area (Å²) in [6.45, 7) is 8.35. The van der Waals surface area contributed by atoms with Crippen LogP contribution in [-0.4, -0.2) is 87.1 Å². The van der Waals surface area contributed by atoms with E-state index < -0.39 is 12.0 Å². The molecule has 1 saturated heterocycles. The van der Waals surface area contributed by atoms with Gasteiger partial charge in [-0.1, -0.05) is 11.8 Å². The van der Waals surface area contributed by atoms with Crippen molar-refractivity contribution in [3.05, 3.63) is 46.1 Å². The molecule has 37 heavy (non-hydrogen) atoms. The van der Waals surface area contributed by atoms with Crippen LogP contribution in [0.5, 0.6) is 11.5 Å². The standard InChI is InChI=1S/C26H34N4O6S/c1-5-36-25(32)23-17(2)28-26-30(24(23)18-12-20(33-3)15-21(13-18)34-4)19(16-37-26)14-22(31)27-6-7-29-8-10-35-11-9-29/h12-13,15-16,24H,5-11,14H2,1-4H3,(H,27,31)/t24-/m0/s1. The second kappa shape index (κ2) is 12.5. The summed E-state index contributed by atoms with van der Waals surface area (Å²) in [5.74, 6) is 0.656. The van der Waals surface area contributed by atoms with Crippen molar-refractivity contribution in [1.29, 1.82) is 0 Å². The fraction of sp³-hybridized carbons (Fsp3) is 0.500. The van der Waals surface area contributed by atoms with Crippen LogP contribution >= 0.6 is 11.8 Å². The lowest BCUT2D eigenvalue weighted by Gasteiger charge is -2.36. The highest BCUT2D eigenvalue weighted by Gasteiger charge is 2.41. The molecular weight excluding hydrogens is 496 g/mol. The molecule has 200 valence electrons. The summed E-state index contributed by atoms with van der Waals surface area (Å²) in [6.07, 6.45) is 0.155. The Labute approximate surface area is 221 Å². The van der Waals surface area contributed by atoms with Crippen molar-refractivity contribution in [1.82, 2.24) is 15.1 Å². The number of hydrogen-bond acceptors (Lipinski definition) is 10. The molecule has 0 aromatic heterocycles. The monoisotopic (exact) mass is 530 g/mol. The van der Waals surface area contributed by atoms with Crippen molar-refractivity contribution in [2.24, 2.45) is 4.99 Å². The molecule has 0 spiro atoms. The lowest BCUT2D eigenvalue weighted by Crippen LogP contribution is -2.42. The smallest absolute Gasteiger partial charge is 0.338 e. The van der Waals surface area contributed by atoms with Crippen molar-refractivity contribution in [3.63, 3.8) is 0 Å². The number of thioether (sulfide) groups is 1. The number of nitrogens with zero attached hydrogens (tertiary/aromatic N) is 3. The van der Waals surface area contributed by atoms with Crippen LogP contribution in [0.1, 0.15) is 31.9 Å². The van der Waals surface area contributed by atoms with Gasteiger partial charge in [-0.15, -0.1) is 0 Å². The van der Waals surface area contributed by atoms with Gasteiger partial charge in [0.1, 0.15) is 11.5 Å². The van der Waals surface area contributed by atoms with E-state index in [0.717, 1.165) is 44.1 Å². The maximum Gasteiger partial charge on any atom is 0.338 e. The van der Waals surface area contributed by atoms with Gasteiger partial charge in [-0.05, 0) is 37.0 Å². The number of carbonyl (C=O) groups excluding carboxylic acids is 2. The summed E-state index contributed by atoms with van der Waals surface area (Å²) in [5, 5.41) is 5.65. The van der Waals surface area contributed by atoms with Crippen LogP contribution in [0.4, 0.5) is 0 Å². The third-order valence-electron chi connectivity index (χ3n) is 6.38. The molecule has 0 radical (unpaired) electrons. The minimum atomic E-state index is -0.557. The predicted octanol–water partition coefficient (Wildman–Crippen LogP) is 2.68. The Morgan fingerprint density at radius 3 is 2.51 bits per heavy atom. The van der Waals surface area contributed by atoms with Gasteiger partial charge in [0.25, 0.3) is 0 Å². The Hall–Kier alpha value is -3.02. The number of morpholine rings is 1. The Morgan fingerprint density at radius 1 is 1.16 bits per heavy atom. The first-order chi connectivity index (χ1) is 17.9. The SMILES string of the molecule is CCOC(=O)C1=C(C)N=C2SC=C(CC(=O)NCCN3CCOCC3)N2[C@H]1c1cc(OC)cc(OC)c1. The second-order valence-corrected chi connectivity index (χ2v) is 9.58. The molecule has 4 rings (SSSR count). The molecule has 0 bridgehead atoms. The lowest BCUT2D eigenvalue weighted by atomic mass is 9.93. The van der Waals surface area contributed by atoms with Crippen LogP contribution in [0.15, 0.2) is 45.6 Å². The number of hydrogen-bond donors (Lipinski definition) is 1. The number of rotatable bonds is 10. The van der Waals surface area contributed by atoms with Crippen LogP contribution < -0.4 is 14.8 Å². The maximum atomic E-state index is 13.2. The quantitative estimate of drug-likeness (QED) is 0.458. The van der Waals surface area contributed by atoms with Crippen LogP contribution in [0.2, 0.25) is 0 Å². The van der Waals surface area contributed by atoms with E-state index in [2.05, 4.69) is 10.2 Å². The Kier molecular flexibility index (Phi) is 9.12. The predicted molar refractivity (Wildman–Crippen MR) is 141 cm³/mol. The zero-order chi connectivity index (χ0) is 26.4. The molecule has 1 aromatic carbocycles. The summed E-state index contributed by atoms with van der Waals surface area (Å²) < 4.78 is 21.8.